The molecule has 1 aliphatic rings. The van der Waals surface area contributed by atoms with Gasteiger partial charge in [-0.1, -0.05) is 0 Å². The second kappa shape index (κ2) is 7.82. The number of fused-ring (bicyclic) bond motifs is 1. The van der Waals surface area contributed by atoms with Crippen LogP contribution >= 0.6 is 0 Å². The van der Waals surface area contributed by atoms with Gasteiger partial charge in [0.1, 0.15) is 0 Å². The molecule has 1 heterocycles. The van der Waals surface area contributed by atoms with Gasteiger partial charge in [0, 0.05) is 32.3 Å². The topological polar surface area (TPSA) is 71.1 Å². The smallest absolute Gasteiger partial charge is 0.238 e. The molecule has 0 fully saturated rings. The summed E-state index contributed by atoms with van der Waals surface area (Å²) < 4.78 is 11.1. The van der Waals surface area contributed by atoms with E-state index in [2.05, 4.69) is 5.32 Å². The van der Waals surface area contributed by atoms with Crippen molar-refractivity contribution in [2.24, 2.45) is 0 Å². The van der Waals surface area contributed by atoms with Gasteiger partial charge in [0.05, 0.1) is 26.3 Å². The summed E-state index contributed by atoms with van der Waals surface area (Å²) in [6, 6.07) is 5.31. The third-order valence-electron chi connectivity index (χ3n) is 3.35. The quantitative estimate of drug-likeness (QED) is 0.869. The van der Waals surface area contributed by atoms with E-state index in [4.69, 9.17) is 9.47 Å². The number of hydrogen-bond donors (Lipinski definition) is 1. The summed E-state index contributed by atoms with van der Waals surface area (Å²) in [7, 11) is 5.11. The van der Waals surface area contributed by atoms with Crippen LogP contribution in [-0.4, -0.2) is 69.1 Å². The number of likely N-dealkylation sites (N-methyl/N-ethyl adjacent to an activating group) is 2. The molecule has 0 atom stereocenters. The fraction of sp³-hybridized carbons (Fsp3) is 0.500. The molecule has 0 unspecified atom stereocenters. The van der Waals surface area contributed by atoms with E-state index in [1.54, 1.807) is 44.2 Å². The maximum absolute atomic E-state index is 12.1. The van der Waals surface area contributed by atoms with E-state index in [9.17, 15) is 9.59 Å². The Bertz CT molecular complexity index is 574. The van der Waals surface area contributed by atoms with Gasteiger partial charge in [-0.25, -0.2) is 0 Å². The van der Waals surface area contributed by atoms with E-state index >= 15 is 0 Å². The molecule has 23 heavy (non-hydrogen) atoms. The van der Waals surface area contributed by atoms with E-state index < -0.39 is 0 Å². The summed E-state index contributed by atoms with van der Waals surface area (Å²) >= 11 is 0. The Labute approximate surface area is 136 Å². The Balaban J connectivity index is 1.90. The third kappa shape index (κ3) is 5.14. The van der Waals surface area contributed by atoms with Crippen molar-refractivity contribution in [1.82, 2.24) is 9.80 Å². The highest BCUT2D eigenvalue weighted by molar-refractivity contribution is 5.93. The van der Waals surface area contributed by atoms with Crippen LogP contribution in [-0.2, 0) is 9.59 Å². The zero-order valence-corrected chi connectivity index (χ0v) is 13.8. The normalized spacial score (nSPS) is 13.4. The molecule has 2 rings (SSSR count). The van der Waals surface area contributed by atoms with Crippen molar-refractivity contribution >= 4 is 17.5 Å². The Hall–Kier alpha value is -2.28. The minimum Gasteiger partial charge on any atom is -0.490 e. The molecule has 0 radical (unpaired) electrons. The van der Waals surface area contributed by atoms with Gasteiger partial charge in [0.2, 0.25) is 11.8 Å². The van der Waals surface area contributed by atoms with Gasteiger partial charge in [0.25, 0.3) is 0 Å². The standard InChI is InChI=1S/C16H23N3O4/c1-18(2)16(21)11-19(3)10-15(20)17-12-5-6-13-14(9-12)23-8-4-7-22-13/h5-6,9H,4,7-8,10-11H2,1-3H3,(H,17,20). The van der Waals surface area contributed by atoms with Crippen LogP contribution in [0.2, 0.25) is 0 Å². The number of nitrogens with zero attached hydrogens (tertiary/aromatic N) is 2. The molecule has 0 bridgehead atoms. The van der Waals surface area contributed by atoms with Crippen molar-refractivity contribution in [2.75, 3.05) is 52.8 Å². The minimum atomic E-state index is -0.187. The van der Waals surface area contributed by atoms with E-state index in [1.165, 1.54) is 4.90 Å². The maximum Gasteiger partial charge on any atom is 0.238 e. The number of anilines is 1. The number of ether oxygens (including phenoxy) is 2. The predicted octanol–water partition coefficient (Wildman–Crippen LogP) is 0.806. The van der Waals surface area contributed by atoms with Gasteiger partial charge >= 0.3 is 0 Å². The van der Waals surface area contributed by atoms with Gasteiger partial charge < -0.3 is 19.7 Å². The maximum atomic E-state index is 12.1. The molecule has 1 N–H and O–H groups in total. The van der Waals surface area contributed by atoms with Crippen molar-refractivity contribution in [3.8, 4) is 11.5 Å². The summed E-state index contributed by atoms with van der Waals surface area (Å²) in [4.78, 5) is 26.8. The molecular formula is C16H23N3O4. The molecule has 1 aromatic rings. The molecule has 1 aromatic carbocycles. The Morgan fingerprint density at radius 2 is 1.78 bits per heavy atom. The Morgan fingerprint density at radius 1 is 1.09 bits per heavy atom. The fourth-order valence-corrected chi connectivity index (χ4v) is 2.11. The largest absolute Gasteiger partial charge is 0.490 e. The predicted molar refractivity (Wildman–Crippen MR) is 86.9 cm³/mol. The van der Waals surface area contributed by atoms with Crippen molar-refractivity contribution < 1.29 is 19.1 Å². The lowest BCUT2D eigenvalue weighted by atomic mass is 10.2. The first-order valence-corrected chi connectivity index (χ1v) is 7.54. The minimum absolute atomic E-state index is 0.0455. The first-order chi connectivity index (χ1) is 11.0. The average Bonchev–Trinajstić information content (AvgIpc) is 2.71. The van der Waals surface area contributed by atoms with Crippen LogP contribution in [0.1, 0.15) is 6.42 Å². The number of benzene rings is 1. The van der Waals surface area contributed by atoms with Gasteiger partial charge in [-0.15, -0.1) is 0 Å². The van der Waals surface area contributed by atoms with Crippen molar-refractivity contribution in [3.05, 3.63) is 18.2 Å². The summed E-state index contributed by atoms with van der Waals surface area (Å²) in [6.07, 6.45) is 0.834. The van der Waals surface area contributed by atoms with Crippen LogP contribution in [0.15, 0.2) is 18.2 Å². The molecule has 1 aliphatic heterocycles. The fourth-order valence-electron chi connectivity index (χ4n) is 2.11. The molecule has 0 saturated heterocycles. The molecule has 0 aromatic heterocycles. The molecular weight excluding hydrogens is 298 g/mol. The monoisotopic (exact) mass is 321 g/mol. The molecule has 0 spiro atoms. The third-order valence-corrected chi connectivity index (χ3v) is 3.35. The lowest BCUT2D eigenvalue weighted by Gasteiger charge is -2.18. The van der Waals surface area contributed by atoms with E-state index in [0.717, 1.165) is 6.42 Å². The zero-order chi connectivity index (χ0) is 16.8. The molecule has 126 valence electrons. The lowest BCUT2D eigenvalue weighted by molar-refractivity contribution is -0.130. The van der Waals surface area contributed by atoms with Gasteiger partial charge in [0.15, 0.2) is 11.5 Å². The second-order valence-electron chi connectivity index (χ2n) is 5.72. The number of nitrogens with one attached hydrogen (secondary N) is 1. The number of carbonyl (C=O) groups is 2. The molecule has 7 heteroatoms. The SMILES string of the molecule is CN(CC(=O)Nc1ccc2c(c1)OCCCO2)CC(=O)N(C)C. The highest BCUT2D eigenvalue weighted by atomic mass is 16.5. The number of amides is 2. The van der Waals surface area contributed by atoms with Gasteiger partial charge in [-0.3, -0.25) is 14.5 Å². The summed E-state index contributed by atoms with van der Waals surface area (Å²) in [5.41, 5.74) is 0.645. The average molecular weight is 321 g/mol. The van der Waals surface area contributed by atoms with Crippen molar-refractivity contribution in [3.63, 3.8) is 0 Å². The highest BCUT2D eigenvalue weighted by Crippen LogP contribution is 2.32. The number of carbonyl (C=O) groups excluding carboxylic acids is 2. The summed E-state index contributed by atoms with van der Waals surface area (Å²) in [5.74, 6) is 1.09. The molecule has 7 nitrogen and oxygen atoms in total. The number of hydrogen-bond acceptors (Lipinski definition) is 5. The van der Waals surface area contributed by atoms with Gasteiger partial charge in [-0.05, 0) is 19.2 Å². The van der Waals surface area contributed by atoms with E-state index in [1.807, 2.05) is 0 Å². The Kier molecular flexibility index (Phi) is 5.81. The van der Waals surface area contributed by atoms with E-state index in [0.29, 0.717) is 30.4 Å². The van der Waals surface area contributed by atoms with Crippen LogP contribution in [0.5, 0.6) is 11.5 Å². The first-order valence-electron chi connectivity index (χ1n) is 7.54. The van der Waals surface area contributed by atoms with Crippen LogP contribution in [0.4, 0.5) is 5.69 Å². The lowest BCUT2D eigenvalue weighted by Crippen LogP contribution is -2.38. The first kappa shape index (κ1) is 17.1. The van der Waals surface area contributed by atoms with Crippen LogP contribution in [0, 0.1) is 0 Å². The second-order valence-corrected chi connectivity index (χ2v) is 5.72. The van der Waals surface area contributed by atoms with E-state index in [-0.39, 0.29) is 24.9 Å². The number of rotatable bonds is 5. The van der Waals surface area contributed by atoms with Crippen LogP contribution in [0.3, 0.4) is 0 Å². The van der Waals surface area contributed by atoms with Crippen molar-refractivity contribution in [2.45, 2.75) is 6.42 Å². The summed E-state index contributed by atoms with van der Waals surface area (Å²) in [5, 5.41) is 2.80. The molecule has 2 amide bonds. The van der Waals surface area contributed by atoms with Crippen LogP contribution < -0.4 is 14.8 Å². The molecule has 0 aliphatic carbocycles. The Morgan fingerprint density at radius 3 is 2.48 bits per heavy atom. The van der Waals surface area contributed by atoms with Gasteiger partial charge in [-0.2, -0.15) is 0 Å². The van der Waals surface area contributed by atoms with Crippen molar-refractivity contribution in [1.29, 1.82) is 0 Å². The van der Waals surface area contributed by atoms with Crippen LogP contribution in [0.25, 0.3) is 0 Å². The highest BCUT2D eigenvalue weighted by Gasteiger charge is 2.14. The summed E-state index contributed by atoms with van der Waals surface area (Å²) in [6.45, 7) is 1.55. The molecule has 0 saturated carbocycles. The zero-order valence-electron chi connectivity index (χ0n) is 13.8.